The third kappa shape index (κ3) is 3.31. The van der Waals surface area contributed by atoms with Gasteiger partial charge in [-0.1, -0.05) is 17.7 Å². The second kappa shape index (κ2) is 6.75. The minimum Gasteiger partial charge on any atom is -0.496 e. The number of amides is 1. The van der Waals surface area contributed by atoms with E-state index in [1.54, 1.807) is 7.11 Å². The van der Waals surface area contributed by atoms with E-state index in [2.05, 4.69) is 29.7 Å². The first-order valence-corrected chi connectivity index (χ1v) is 7.31. The van der Waals surface area contributed by atoms with Crippen LogP contribution in [0.1, 0.15) is 36.8 Å². The molecule has 2 unspecified atom stereocenters. The molecular formula is C16H24N2O2. The molecule has 4 heteroatoms. The van der Waals surface area contributed by atoms with Crippen LogP contribution in [0.15, 0.2) is 18.2 Å². The van der Waals surface area contributed by atoms with Crippen molar-refractivity contribution in [1.82, 2.24) is 10.6 Å². The molecule has 1 aliphatic rings. The summed E-state index contributed by atoms with van der Waals surface area (Å²) in [6.07, 6.45) is 1.86. The Balaban J connectivity index is 2.16. The van der Waals surface area contributed by atoms with Crippen molar-refractivity contribution in [2.45, 2.75) is 38.6 Å². The number of hydrogen-bond donors (Lipinski definition) is 2. The molecule has 1 fully saturated rings. The van der Waals surface area contributed by atoms with Gasteiger partial charge in [0.05, 0.1) is 13.2 Å². The van der Waals surface area contributed by atoms with E-state index in [1.807, 2.05) is 13.0 Å². The van der Waals surface area contributed by atoms with E-state index in [0.717, 1.165) is 25.1 Å². The van der Waals surface area contributed by atoms with E-state index in [1.165, 1.54) is 11.1 Å². The van der Waals surface area contributed by atoms with Crippen molar-refractivity contribution in [1.29, 1.82) is 0 Å². The number of aryl methyl sites for hydroxylation is 1. The molecule has 1 amide bonds. The number of hydrogen-bond acceptors (Lipinski definition) is 3. The van der Waals surface area contributed by atoms with Gasteiger partial charge in [0, 0.05) is 6.54 Å². The molecule has 1 saturated heterocycles. The van der Waals surface area contributed by atoms with E-state index in [4.69, 9.17) is 4.74 Å². The maximum Gasteiger partial charge on any atom is 0.237 e. The van der Waals surface area contributed by atoms with Crippen LogP contribution in [-0.4, -0.2) is 32.1 Å². The summed E-state index contributed by atoms with van der Waals surface area (Å²) < 4.78 is 5.48. The third-order valence-electron chi connectivity index (χ3n) is 3.90. The van der Waals surface area contributed by atoms with Crippen LogP contribution in [0.2, 0.25) is 0 Å². The standard InChI is InChI=1S/C16H24N2O2/c1-4-17-16(19)14-10-12(7-8-18-14)13-9-11(2)5-6-15(13)20-3/h5-6,9,12,14,18H,4,7-8,10H2,1-3H3,(H,17,19). The Hall–Kier alpha value is -1.55. The van der Waals surface area contributed by atoms with E-state index in [-0.39, 0.29) is 11.9 Å². The molecule has 110 valence electrons. The first kappa shape index (κ1) is 14.9. The van der Waals surface area contributed by atoms with Gasteiger partial charge in [0.2, 0.25) is 5.91 Å². The fourth-order valence-electron chi connectivity index (χ4n) is 2.87. The quantitative estimate of drug-likeness (QED) is 0.884. The van der Waals surface area contributed by atoms with Gasteiger partial charge >= 0.3 is 0 Å². The summed E-state index contributed by atoms with van der Waals surface area (Å²) in [6.45, 7) is 5.58. The number of likely N-dealkylation sites (N-methyl/N-ethyl adjacent to an activating group) is 1. The van der Waals surface area contributed by atoms with Gasteiger partial charge in [-0.15, -0.1) is 0 Å². The van der Waals surface area contributed by atoms with E-state index < -0.39 is 0 Å². The molecular weight excluding hydrogens is 252 g/mol. The predicted octanol–water partition coefficient (Wildman–Crippen LogP) is 1.98. The largest absolute Gasteiger partial charge is 0.496 e. The number of ether oxygens (including phenoxy) is 1. The lowest BCUT2D eigenvalue weighted by molar-refractivity contribution is -0.123. The predicted molar refractivity (Wildman–Crippen MR) is 80.2 cm³/mol. The van der Waals surface area contributed by atoms with E-state index >= 15 is 0 Å². The maximum absolute atomic E-state index is 12.0. The van der Waals surface area contributed by atoms with Gasteiger partial charge in [-0.05, 0) is 50.8 Å². The molecule has 0 bridgehead atoms. The Morgan fingerprint density at radius 2 is 2.30 bits per heavy atom. The van der Waals surface area contributed by atoms with Gasteiger partial charge in [0.25, 0.3) is 0 Å². The average Bonchev–Trinajstić information content (AvgIpc) is 2.47. The normalized spacial score (nSPS) is 22.4. The van der Waals surface area contributed by atoms with Crippen molar-refractivity contribution < 1.29 is 9.53 Å². The van der Waals surface area contributed by atoms with Crippen molar-refractivity contribution in [2.75, 3.05) is 20.2 Å². The monoisotopic (exact) mass is 276 g/mol. The molecule has 0 radical (unpaired) electrons. The lowest BCUT2D eigenvalue weighted by Gasteiger charge is -2.30. The van der Waals surface area contributed by atoms with Crippen LogP contribution < -0.4 is 15.4 Å². The zero-order valence-corrected chi connectivity index (χ0v) is 12.5. The summed E-state index contributed by atoms with van der Waals surface area (Å²) in [5.74, 6) is 1.40. The van der Waals surface area contributed by atoms with Crippen molar-refractivity contribution in [3.63, 3.8) is 0 Å². The first-order chi connectivity index (χ1) is 9.65. The Morgan fingerprint density at radius 1 is 1.50 bits per heavy atom. The molecule has 2 rings (SSSR count). The van der Waals surface area contributed by atoms with Crippen molar-refractivity contribution in [3.8, 4) is 5.75 Å². The highest BCUT2D eigenvalue weighted by molar-refractivity contribution is 5.81. The minimum atomic E-state index is -0.0982. The summed E-state index contributed by atoms with van der Waals surface area (Å²) in [5, 5.41) is 6.20. The molecule has 0 aromatic heterocycles. The Kier molecular flexibility index (Phi) is 5.01. The number of rotatable bonds is 4. The molecule has 20 heavy (non-hydrogen) atoms. The average molecular weight is 276 g/mol. The van der Waals surface area contributed by atoms with Crippen LogP contribution >= 0.6 is 0 Å². The van der Waals surface area contributed by atoms with E-state index in [9.17, 15) is 4.79 Å². The molecule has 1 aromatic carbocycles. The zero-order chi connectivity index (χ0) is 14.5. The number of nitrogens with one attached hydrogen (secondary N) is 2. The zero-order valence-electron chi connectivity index (χ0n) is 12.5. The highest BCUT2D eigenvalue weighted by Crippen LogP contribution is 2.34. The number of carbonyl (C=O) groups is 1. The molecule has 2 N–H and O–H groups in total. The molecule has 0 spiro atoms. The lowest BCUT2D eigenvalue weighted by Crippen LogP contribution is -2.48. The van der Waals surface area contributed by atoms with Gasteiger partial charge in [-0.2, -0.15) is 0 Å². The summed E-state index contributed by atoms with van der Waals surface area (Å²) in [6, 6.07) is 6.17. The van der Waals surface area contributed by atoms with Crippen molar-refractivity contribution >= 4 is 5.91 Å². The fraction of sp³-hybridized carbons (Fsp3) is 0.562. The summed E-state index contributed by atoms with van der Waals surface area (Å²) in [7, 11) is 1.70. The maximum atomic E-state index is 12.0. The molecule has 0 saturated carbocycles. The molecule has 2 atom stereocenters. The SMILES string of the molecule is CCNC(=O)C1CC(c2cc(C)ccc2OC)CCN1. The number of methoxy groups -OCH3 is 1. The van der Waals surface area contributed by atoms with E-state index in [0.29, 0.717) is 12.5 Å². The highest BCUT2D eigenvalue weighted by Gasteiger charge is 2.28. The Bertz CT molecular complexity index is 474. The highest BCUT2D eigenvalue weighted by atomic mass is 16.5. The first-order valence-electron chi connectivity index (χ1n) is 7.31. The van der Waals surface area contributed by atoms with Gasteiger partial charge < -0.3 is 15.4 Å². The number of piperidine rings is 1. The van der Waals surface area contributed by atoms with Crippen LogP contribution in [-0.2, 0) is 4.79 Å². The van der Waals surface area contributed by atoms with Gasteiger partial charge in [0.15, 0.2) is 0 Å². The van der Waals surface area contributed by atoms with Gasteiger partial charge in [-0.25, -0.2) is 0 Å². The second-order valence-electron chi connectivity index (χ2n) is 5.37. The van der Waals surface area contributed by atoms with Gasteiger partial charge in [-0.3, -0.25) is 4.79 Å². The second-order valence-corrected chi connectivity index (χ2v) is 5.37. The van der Waals surface area contributed by atoms with Crippen LogP contribution in [0.5, 0.6) is 5.75 Å². The molecule has 1 heterocycles. The Morgan fingerprint density at radius 3 is 3.00 bits per heavy atom. The van der Waals surface area contributed by atoms with Crippen LogP contribution in [0.4, 0.5) is 0 Å². The Labute approximate surface area is 120 Å². The van der Waals surface area contributed by atoms with Crippen LogP contribution in [0.25, 0.3) is 0 Å². The number of carbonyl (C=O) groups excluding carboxylic acids is 1. The summed E-state index contributed by atoms with van der Waals surface area (Å²) in [4.78, 5) is 12.0. The summed E-state index contributed by atoms with van der Waals surface area (Å²) >= 11 is 0. The lowest BCUT2D eigenvalue weighted by atomic mass is 9.85. The molecule has 1 aromatic rings. The van der Waals surface area contributed by atoms with Crippen molar-refractivity contribution in [3.05, 3.63) is 29.3 Å². The molecule has 0 aliphatic carbocycles. The molecule has 4 nitrogen and oxygen atoms in total. The van der Waals surface area contributed by atoms with Crippen LogP contribution in [0, 0.1) is 6.92 Å². The smallest absolute Gasteiger partial charge is 0.237 e. The molecule has 1 aliphatic heterocycles. The summed E-state index contributed by atoms with van der Waals surface area (Å²) in [5.41, 5.74) is 2.46. The topological polar surface area (TPSA) is 50.4 Å². The third-order valence-corrected chi connectivity index (χ3v) is 3.90. The van der Waals surface area contributed by atoms with Crippen LogP contribution in [0.3, 0.4) is 0 Å². The van der Waals surface area contributed by atoms with Crippen molar-refractivity contribution in [2.24, 2.45) is 0 Å². The fourth-order valence-corrected chi connectivity index (χ4v) is 2.87. The minimum absolute atomic E-state index is 0.0982. The van der Waals surface area contributed by atoms with Gasteiger partial charge in [0.1, 0.15) is 5.75 Å². The number of benzene rings is 1.